The van der Waals surface area contributed by atoms with Gasteiger partial charge >= 0.3 is 0 Å². The van der Waals surface area contributed by atoms with Crippen molar-refractivity contribution in [3.63, 3.8) is 0 Å². The molecule has 2 aromatic carbocycles. The third kappa shape index (κ3) is 3.10. The number of benzene rings is 2. The van der Waals surface area contributed by atoms with Crippen LogP contribution in [0.1, 0.15) is 38.1 Å². The third-order valence-electron chi connectivity index (χ3n) is 6.41. The fraction of sp³-hybridized carbons (Fsp3) is 0.292. The van der Waals surface area contributed by atoms with Crippen LogP contribution in [0.5, 0.6) is 0 Å². The lowest BCUT2D eigenvalue weighted by Gasteiger charge is -2.26. The van der Waals surface area contributed by atoms with E-state index < -0.39 is 4.92 Å². The number of non-ortho nitro benzene ring substituents is 1. The molecule has 0 unspecified atom stereocenters. The lowest BCUT2D eigenvalue weighted by molar-refractivity contribution is -0.384. The Bertz CT molecular complexity index is 1500. The van der Waals surface area contributed by atoms with Gasteiger partial charge < -0.3 is 4.57 Å². The fourth-order valence-electron chi connectivity index (χ4n) is 4.81. The van der Waals surface area contributed by atoms with Crippen LogP contribution >= 0.6 is 0 Å². The summed E-state index contributed by atoms with van der Waals surface area (Å²) in [6.45, 7) is 0. The summed E-state index contributed by atoms with van der Waals surface area (Å²) < 4.78 is 3.36. The minimum absolute atomic E-state index is 0.0611. The molecule has 0 N–H and O–H groups in total. The van der Waals surface area contributed by atoms with Gasteiger partial charge in [0.05, 0.1) is 10.4 Å². The Labute approximate surface area is 182 Å². The molecule has 1 aliphatic carbocycles. The first-order chi connectivity index (χ1) is 15.5. The second-order valence-electron chi connectivity index (χ2n) is 8.31. The first kappa shape index (κ1) is 20.1. The van der Waals surface area contributed by atoms with Gasteiger partial charge in [-0.25, -0.2) is 4.98 Å². The van der Waals surface area contributed by atoms with E-state index in [4.69, 9.17) is 4.98 Å². The zero-order valence-corrected chi connectivity index (χ0v) is 17.7. The van der Waals surface area contributed by atoms with Crippen molar-refractivity contribution in [3.8, 4) is 11.4 Å². The average molecular weight is 430 g/mol. The molecule has 2 aromatic heterocycles. The van der Waals surface area contributed by atoms with E-state index in [0.717, 1.165) is 32.1 Å². The molecule has 8 nitrogen and oxygen atoms in total. The van der Waals surface area contributed by atoms with E-state index in [1.54, 1.807) is 40.4 Å². The number of nitro groups is 1. The van der Waals surface area contributed by atoms with Gasteiger partial charge in [-0.15, -0.1) is 0 Å². The molecule has 1 fully saturated rings. The summed E-state index contributed by atoms with van der Waals surface area (Å²) in [5.74, 6) is 0.364. The maximum Gasteiger partial charge on any atom is 0.270 e. The predicted molar refractivity (Wildman–Crippen MR) is 123 cm³/mol. The molecule has 4 aromatic rings. The largest absolute Gasteiger partial charge is 0.328 e. The SMILES string of the molecule is Cn1c2ccccc2c(=O)c2c(=O)n(C3CCCCC3)c(-c3cccc([N+](=O)[O-])c3)nc21. The molecule has 32 heavy (non-hydrogen) atoms. The molecular weight excluding hydrogens is 408 g/mol. The monoisotopic (exact) mass is 430 g/mol. The van der Waals surface area contributed by atoms with Crippen LogP contribution in [0.2, 0.25) is 0 Å². The molecule has 0 bridgehead atoms. The van der Waals surface area contributed by atoms with Crippen molar-refractivity contribution in [2.24, 2.45) is 7.05 Å². The smallest absolute Gasteiger partial charge is 0.270 e. The number of nitro benzene ring substituents is 1. The van der Waals surface area contributed by atoms with E-state index in [1.807, 2.05) is 12.1 Å². The Morgan fingerprint density at radius 1 is 1.03 bits per heavy atom. The number of pyridine rings is 1. The van der Waals surface area contributed by atoms with E-state index in [-0.39, 0.29) is 33.8 Å². The summed E-state index contributed by atoms with van der Waals surface area (Å²) in [7, 11) is 1.78. The standard InChI is InChI=1S/C24H22N4O4/c1-26-19-13-6-5-12-18(19)21(29)20-23(26)25-22(15-8-7-11-17(14-15)28(31)32)27(24(20)30)16-9-3-2-4-10-16/h5-8,11-14,16H,2-4,9-10H2,1H3. The molecule has 0 atom stereocenters. The van der Waals surface area contributed by atoms with Crippen molar-refractivity contribution in [1.82, 2.24) is 14.1 Å². The van der Waals surface area contributed by atoms with Crippen LogP contribution in [0.3, 0.4) is 0 Å². The Morgan fingerprint density at radius 3 is 2.53 bits per heavy atom. The second-order valence-corrected chi connectivity index (χ2v) is 8.31. The van der Waals surface area contributed by atoms with Crippen LogP contribution in [0.4, 0.5) is 5.69 Å². The summed E-state index contributed by atoms with van der Waals surface area (Å²) in [5, 5.41) is 11.9. The van der Waals surface area contributed by atoms with Crippen molar-refractivity contribution >= 4 is 27.6 Å². The van der Waals surface area contributed by atoms with E-state index in [9.17, 15) is 19.7 Å². The molecule has 1 saturated carbocycles. The lowest BCUT2D eigenvalue weighted by atomic mass is 9.94. The molecule has 8 heteroatoms. The van der Waals surface area contributed by atoms with Crippen LogP contribution in [-0.4, -0.2) is 19.0 Å². The third-order valence-corrected chi connectivity index (χ3v) is 6.41. The molecule has 0 amide bonds. The van der Waals surface area contributed by atoms with Crippen molar-refractivity contribution < 1.29 is 4.92 Å². The molecule has 0 saturated heterocycles. The van der Waals surface area contributed by atoms with Crippen LogP contribution in [0.15, 0.2) is 58.1 Å². The molecule has 1 aliphatic rings. The Morgan fingerprint density at radius 2 is 1.78 bits per heavy atom. The van der Waals surface area contributed by atoms with Gasteiger partial charge in [-0.05, 0) is 25.0 Å². The minimum Gasteiger partial charge on any atom is -0.328 e. The number of aryl methyl sites for hydroxylation is 1. The van der Waals surface area contributed by atoms with Gasteiger partial charge in [0.25, 0.3) is 11.2 Å². The van der Waals surface area contributed by atoms with Gasteiger partial charge in [-0.3, -0.25) is 24.3 Å². The highest BCUT2D eigenvalue weighted by Crippen LogP contribution is 2.32. The van der Waals surface area contributed by atoms with Gasteiger partial charge in [0.1, 0.15) is 11.2 Å². The maximum absolute atomic E-state index is 13.8. The Hall–Kier alpha value is -3.81. The van der Waals surface area contributed by atoms with Gasteiger partial charge in [0, 0.05) is 36.2 Å². The highest BCUT2D eigenvalue weighted by atomic mass is 16.6. The molecule has 0 radical (unpaired) electrons. The van der Waals surface area contributed by atoms with Crippen molar-refractivity contribution in [2.75, 3.05) is 0 Å². The minimum atomic E-state index is -0.461. The number of rotatable bonds is 3. The first-order valence-corrected chi connectivity index (χ1v) is 10.8. The summed E-state index contributed by atoms with van der Waals surface area (Å²) in [6.07, 6.45) is 4.69. The average Bonchev–Trinajstić information content (AvgIpc) is 2.82. The van der Waals surface area contributed by atoms with Gasteiger partial charge in [-0.1, -0.05) is 43.5 Å². The van der Waals surface area contributed by atoms with E-state index in [2.05, 4.69) is 0 Å². The zero-order valence-electron chi connectivity index (χ0n) is 17.7. The van der Waals surface area contributed by atoms with Crippen molar-refractivity contribution in [2.45, 2.75) is 38.1 Å². The predicted octanol–water partition coefficient (Wildman–Crippen LogP) is 4.33. The summed E-state index contributed by atoms with van der Waals surface area (Å²) in [4.78, 5) is 42.9. The number of hydrogen-bond acceptors (Lipinski definition) is 5. The highest BCUT2D eigenvalue weighted by molar-refractivity contribution is 5.92. The molecular formula is C24H22N4O4. The molecule has 0 spiro atoms. The van der Waals surface area contributed by atoms with E-state index in [0.29, 0.717) is 22.3 Å². The molecule has 0 aliphatic heterocycles. The zero-order chi connectivity index (χ0) is 22.4. The maximum atomic E-state index is 13.8. The quantitative estimate of drug-likeness (QED) is 0.274. The van der Waals surface area contributed by atoms with Crippen molar-refractivity contribution in [3.05, 3.63) is 79.2 Å². The number of fused-ring (bicyclic) bond motifs is 2. The number of nitrogens with zero attached hydrogens (tertiary/aromatic N) is 4. The van der Waals surface area contributed by atoms with Gasteiger partial charge in [0.15, 0.2) is 5.65 Å². The molecule has 5 rings (SSSR count). The van der Waals surface area contributed by atoms with Crippen LogP contribution in [0.25, 0.3) is 33.3 Å². The van der Waals surface area contributed by atoms with Gasteiger partial charge in [0.2, 0.25) is 5.43 Å². The molecule has 2 heterocycles. The Kier molecular flexibility index (Phi) is 4.84. The highest BCUT2D eigenvalue weighted by Gasteiger charge is 2.25. The fourth-order valence-corrected chi connectivity index (χ4v) is 4.81. The number of para-hydroxylation sites is 1. The summed E-state index contributed by atoms with van der Waals surface area (Å²) in [6, 6.07) is 13.2. The number of hydrogen-bond donors (Lipinski definition) is 0. The van der Waals surface area contributed by atoms with Crippen molar-refractivity contribution in [1.29, 1.82) is 0 Å². The Balaban J connectivity index is 1.92. The van der Waals surface area contributed by atoms with Crippen LogP contribution < -0.4 is 11.0 Å². The van der Waals surface area contributed by atoms with Crippen LogP contribution in [-0.2, 0) is 7.05 Å². The topological polar surface area (TPSA) is 100 Å². The first-order valence-electron chi connectivity index (χ1n) is 10.8. The second kappa shape index (κ2) is 7.71. The summed E-state index contributed by atoms with van der Waals surface area (Å²) in [5.41, 5.74) is 0.671. The molecule has 162 valence electrons. The van der Waals surface area contributed by atoms with Crippen LogP contribution in [0, 0.1) is 10.1 Å². The lowest BCUT2D eigenvalue weighted by Crippen LogP contribution is -2.32. The normalized spacial score (nSPS) is 14.8. The van der Waals surface area contributed by atoms with E-state index in [1.165, 1.54) is 12.1 Å². The number of aromatic nitrogens is 3. The van der Waals surface area contributed by atoms with E-state index >= 15 is 0 Å². The van der Waals surface area contributed by atoms with Gasteiger partial charge in [-0.2, -0.15) is 0 Å². The summed E-state index contributed by atoms with van der Waals surface area (Å²) >= 11 is 0.